The maximum absolute atomic E-state index is 12.0. The first kappa shape index (κ1) is 11.9. The largest absolute Gasteiger partial charge is 0.480 e. The van der Waals surface area contributed by atoms with Crippen molar-refractivity contribution in [3.63, 3.8) is 0 Å². The Morgan fingerprint density at radius 3 is 2.88 bits per heavy atom. The molecule has 1 aromatic heterocycles. The third-order valence-electron chi connectivity index (χ3n) is 2.24. The van der Waals surface area contributed by atoms with E-state index < -0.39 is 12.0 Å². The second-order valence-electron chi connectivity index (χ2n) is 3.27. The van der Waals surface area contributed by atoms with Crippen LogP contribution >= 0.6 is 39.0 Å². The number of carbonyl (C=O) groups excluding carboxylic acids is 1. The van der Waals surface area contributed by atoms with Crippen molar-refractivity contribution in [1.29, 1.82) is 0 Å². The Morgan fingerprint density at radius 2 is 2.31 bits per heavy atom. The minimum Gasteiger partial charge on any atom is -0.480 e. The first-order valence-corrected chi connectivity index (χ1v) is 7.28. The Balaban J connectivity index is 2.18. The number of thioether (sulfide) groups is 1. The van der Waals surface area contributed by atoms with E-state index in [2.05, 4.69) is 15.9 Å². The number of amides is 1. The first-order valence-electron chi connectivity index (χ1n) is 4.45. The van der Waals surface area contributed by atoms with Gasteiger partial charge >= 0.3 is 5.97 Å². The molecule has 0 radical (unpaired) electrons. The van der Waals surface area contributed by atoms with Gasteiger partial charge in [-0.1, -0.05) is 0 Å². The van der Waals surface area contributed by atoms with Crippen LogP contribution in [0.2, 0.25) is 0 Å². The fraction of sp³-hybridized carbons (Fsp3) is 0.333. The van der Waals surface area contributed by atoms with Gasteiger partial charge in [-0.05, 0) is 22.0 Å². The lowest BCUT2D eigenvalue weighted by atomic mass is 10.2. The summed E-state index contributed by atoms with van der Waals surface area (Å²) in [5.41, 5.74) is 0.547. The molecule has 0 aromatic carbocycles. The van der Waals surface area contributed by atoms with Gasteiger partial charge in [0.15, 0.2) is 0 Å². The number of rotatable bonds is 2. The molecule has 1 amide bonds. The second-order valence-corrected chi connectivity index (χ2v) is 6.56. The van der Waals surface area contributed by atoms with Gasteiger partial charge < -0.3 is 10.0 Å². The van der Waals surface area contributed by atoms with Crippen molar-refractivity contribution in [3.05, 3.63) is 20.8 Å². The number of hydrogen-bond donors (Lipinski definition) is 1. The number of nitrogens with zero attached hydrogens (tertiary/aromatic N) is 1. The number of aliphatic carboxylic acids is 1. The molecule has 2 heterocycles. The number of carboxylic acids is 1. The van der Waals surface area contributed by atoms with Crippen LogP contribution < -0.4 is 0 Å². The Hall–Kier alpha value is -0.530. The van der Waals surface area contributed by atoms with Gasteiger partial charge in [-0.15, -0.1) is 23.1 Å². The number of carboxylic acid groups (broad SMARTS) is 1. The minimum atomic E-state index is -0.937. The van der Waals surface area contributed by atoms with Crippen LogP contribution in [-0.2, 0) is 4.79 Å². The third kappa shape index (κ3) is 2.26. The summed E-state index contributed by atoms with van der Waals surface area (Å²) in [6.07, 6.45) is 0. The number of carbonyl (C=O) groups is 2. The molecule has 1 saturated heterocycles. The van der Waals surface area contributed by atoms with Gasteiger partial charge in [-0.3, -0.25) is 4.79 Å². The predicted octanol–water partition coefficient (Wildman–Crippen LogP) is 2.11. The number of thiophene rings is 1. The van der Waals surface area contributed by atoms with Crippen molar-refractivity contribution in [3.8, 4) is 0 Å². The van der Waals surface area contributed by atoms with Gasteiger partial charge in [-0.2, -0.15) is 0 Å². The van der Waals surface area contributed by atoms with E-state index in [1.165, 1.54) is 28.0 Å². The van der Waals surface area contributed by atoms with E-state index >= 15 is 0 Å². The lowest BCUT2D eigenvalue weighted by Gasteiger charge is -2.19. The lowest BCUT2D eigenvalue weighted by molar-refractivity contribution is -0.140. The van der Waals surface area contributed by atoms with Gasteiger partial charge in [0.1, 0.15) is 6.04 Å². The first-order chi connectivity index (χ1) is 7.59. The summed E-state index contributed by atoms with van der Waals surface area (Å²) in [6.45, 7) is 0. The molecule has 1 N–H and O–H groups in total. The van der Waals surface area contributed by atoms with E-state index in [9.17, 15) is 9.59 Å². The van der Waals surface area contributed by atoms with Crippen LogP contribution in [0, 0.1) is 0 Å². The quantitative estimate of drug-likeness (QED) is 0.906. The van der Waals surface area contributed by atoms with Gasteiger partial charge in [0.25, 0.3) is 5.91 Å². The van der Waals surface area contributed by atoms with Crippen molar-refractivity contribution in [2.75, 3.05) is 11.6 Å². The van der Waals surface area contributed by atoms with E-state index in [0.29, 0.717) is 17.2 Å². The molecule has 1 aliphatic heterocycles. The highest BCUT2D eigenvalue weighted by Gasteiger charge is 2.35. The fourth-order valence-corrected chi connectivity index (χ4v) is 3.71. The molecule has 1 aliphatic rings. The van der Waals surface area contributed by atoms with Crippen LogP contribution in [0.4, 0.5) is 0 Å². The molecular formula is C9H8BrNO3S2. The summed E-state index contributed by atoms with van der Waals surface area (Å²) in [7, 11) is 0. The molecule has 0 aliphatic carbocycles. The Kier molecular flexibility index (Phi) is 3.56. The van der Waals surface area contributed by atoms with Gasteiger partial charge in [0.2, 0.25) is 0 Å². The molecule has 4 nitrogen and oxygen atoms in total. The summed E-state index contributed by atoms with van der Waals surface area (Å²) in [5.74, 6) is -0.234. The van der Waals surface area contributed by atoms with E-state index in [4.69, 9.17) is 5.11 Å². The highest BCUT2D eigenvalue weighted by atomic mass is 79.9. The number of hydrogen-bond acceptors (Lipinski definition) is 4. The Labute approximate surface area is 109 Å². The molecule has 0 bridgehead atoms. The monoisotopic (exact) mass is 321 g/mol. The standard InChI is InChI=1S/C9H8BrNO3S2/c10-7-1-5(2-16-7)8(12)11-4-15-3-6(11)9(13)14/h1-2,6H,3-4H2,(H,13,14). The molecule has 86 valence electrons. The fourth-order valence-electron chi connectivity index (χ4n) is 1.44. The molecule has 0 spiro atoms. The maximum Gasteiger partial charge on any atom is 0.327 e. The van der Waals surface area contributed by atoms with Crippen molar-refractivity contribution in [2.45, 2.75) is 6.04 Å². The average molecular weight is 322 g/mol. The van der Waals surface area contributed by atoms with Gasteiger partial charge in [0, 0.05) is 11.1 Å². The normalized spacial score (nSPS) is 20.1. The molecule has 16 heavy (non-hydrogen) atoms. The molecular weight excluding hydrogens is 314 g/mol. The molecule has 2 rings (SSSR count). The highest BCUT2D eigenvalue weighted by molar-refractivity contribution is 9.11. The smallest absolute Gasteiger partial charge is 0.327 e. The van der Waals surface area contributed by atoms with Crippen LogP contribution in [0.1, 0.15) is 10.4 Å². The molecule has 1 unspecified atom stereocenters. The molecule has 0 saturated carbocycles. The van der Waals surface area contributed by atoms with E-state index in [1.54, 1.807) is 11.4 Å². The van der Waals surface area contributed by atoms with Crippen LogP contribution in [-0.4, -0.2) is 39.6 Å². The summed E-state index contributed by atoms with van der Waals surface area (Å²) < 4.78 is 0.870. The minimum absolute atomic E-state index is 0.209. The zero-order valence-corrected chi connectivity index (χ0v) is 11.3. The van der Waals surface area contributed by atoms with Crippen LogP contribution in [0.15, 0.2) is 15.2 Å². The summed E-state index contributed by atoms with van der Waals surface area (Å²) in [6, 6.07) is 1.02. The molecule has 1 atom stereocenters. The summed E-state index contributed by atoms with van der Waals surface area (Å²) >= 11 is 6.16. The Morgan fingerprint density at radius 1 is 1.56 bits per heavy atom. The number of halogens is 1. The molecule has 7 heteroatoms. The zero-order valence-electron chi connectivity index (χ0n) is 8.05. The van der Waals surface area contributed by atoms with E-state index in [-0.39, 0.29) is 5.91 Å². The SMILES string of the molecule is O=C(O)C1CSCN1C(=O)c1csc(Br)c1. The van der Waals surface area contributed by atoms with Gasteiger partial charge in [0.05, 0.1) is 15.2 Å². The summed E-state index contributed by atoms with van der Waals surface area (Å²) in [5, 5.41) is 10.7. The lowest BCUT2D eigenvalue weighted by Crippen LogP contribution is -2.41. The zero-order chi connectivity index (χ0) is 11.7. The van der Waals surface area contributed by atoms with E-state index in [1.807, 2.05) is 0 Å². The van der Waals surface area contributed by atoms with Crippen LogP contribution in [0.25, 0.3) is 0 Å². The van der Waals surface area contributed by atoms with Gasteiger partial charge in [-0.25, -0.2) is 4.79 Å². The van der Waals surface area contributed by atoms with Crippen molar-refractivity contribution in [1.82, 2.24) is 4.90 Å². The molecule has 1 fully saturated rings. The molecule has 1 aromatic rings. The van der Waals surface area contributed by atoms with Crippen LogP contribution in [0.5, 0.6) is 0 Å². The summed E-state index contributed by atoms with van der Waals surface area (Å²) in [4.78, 5) is 24.4. The third-order valence-corrected chi connectivity index (χ3v) is 4.76. The van der Waals surface area contributed by atoms with Crippen molar-refractivity contribution in [2.24, 2.45) is 0 Å². The predicted molar refractivity (Wildman–Crippen MR) is 66.9 cm³/mol. The topological polar surface area (TPSA) is 57.6 Å². The maximum atomic E-state index is 12.0. The highest BCUT2D eigenvalue weighted by Crippen LogP contribution is 2.26. The average Bonchev–Trinajstić information content (AvgIpc) is 2.84. The van der Waals surface area contributed by atoms with E-state index in [0.717, 1.165) is 3.79 Å². The Bertz CT molecular complexity index is 434. The van der Waals surface area contributed by atoms with Crippen LogP contribution in [0.3, 0.4) is 0 Å². The second kappa shape index (κ2) is 4.77. The van der Waals surface area contributed by atoms with Crippen molar-refractivity contribution < 1.29 is 14.7 Å². The van der Waals surface area contributed by atoms with Crippen molar-refractivity contribution >= 4 is 50.9 Å².